The fourth-order valence-electron chi connectivity index (χ4n) is 3.44. The van der Waals surface area contributed by atoms with Crippen molar-refractivity contribution in [2.75, 3.05) is 0 Å². The van der Waals surface area contributed by atoms with Crippen molar-refractivity contribution in [2.24, 2.45) is 11.8 Å². The van der Waals surface area contributed by atoms with Crippen molar-refractivity contribution in [1.82, 2.24) is 0 Å². The van der Waals surface area contributed by atoms with Crippen LogP contribution in [0.5, 0.6) is 0 Å². The van der Waals surface area contributed by atoms with Gasteiger partial charge in [0.2, 0.25) is 0 Å². The van der Waals surface area contributed by atoms with Crippen LogP contribution >= 0.6 is 0 Å². The quantitative estimate of drug-likeness (QED) is 0.374. The van der Waals surface area contributed by atoms with Crippen LogP contribution in [-0.4, -0.2) is 6.11 Å². The third-order valence-electron chi connectivity index (χ3n) is 4.90. The molecule has 0 aromatic heterocycles. The molecule has 0 radical (unpaired) electrons. The lowest BCUT2D eigenvalue weighted by molar-refractivity contribution is -0.256. The minimum absolute atomic E-state index is 0.0436. The van der Waals surface area contributed by atoms with Gasteiger partial charge in [-0.2, -0.15) is 8.78 Å². The lowest BCUT2D eigenvalue weighted by atomic mass is 9.78. The molecule has 1 aromatic rings. The average Bonchev–Trinajstić information content (AvgIpc) is 2.58. The van der Waals surface area contributed by atoms with Crippen LogP contribution in [0.4, 0.5) is 17.6 Å². The predicted octanol–water partition coefficient (Wildman–Crippen LogP) is 6.63. The lowest BCUT2D eigenvalue weighted by Gasteiger charge is -2.30. The largest absolute Gasteiger partial charge is 0.356 e. The van der Waals surface area contributed by atoms with Crippen molar-refractivity contribution in [3.05, 3.63) is 47.5 Å². The zero-order valence-corrected chi connectivity index (χ0v) is 14.6. The van der Waals surface area contributed by atoms with E-state index in [0.29, 0.717) is 5.92 Å². The van der Waals surface area contributed by atoms with Crippen LogP contribution in [0.1, 0.15) is 57.4 Å². The molecule has 2 rings (SSSR count). The second-order valence-corrected chi connectivity index (χ2v) is 6.91. The molecule has 1 nitrogen and oxygen atoms in total. The molecule has 1 aliphatic rings. The second kappa shape index (κ2) is 9.37. The molecule has 0 N–H and O–H groups in total. The molecule has 0 saturated heterocycles. The summed E-state index contributed by atoms with van der Waals surface area (Å²) in [7, 11) is 0. The molecular formula is C20H26F4O. The number of rotatable bonds is 8. The Morgan fingerprint density at radius 2 is 1.76 bits per heavy atom. The summed E-state index contributed by atoms with van der Waals surface area (Å²) >= 11 is 0. The van der Waals surface area contributed by atoms with Crippen LogP contribution in [0.25, 0.3) is 0 Å². The molecule has 0 heterocycles. The summed E-state index contributed by atoms with van der Waals surface area (Å²) in [6.45, 7) is 1.57. The Labute approximate surface area is 147 Å². The Morgan fingerprint density at radius 3 is 2.40 bits per heavy atom. The number of ether oxygens (including phenoxy) is 1. The number of alkyl halides is 2. The molecule has 0 aliphatic heterocycles. The molecule has 5 heteroatoms. The Kier molecular flexibility index (Phi) is 7.48. The Bertz CT molecular complexity index is 563. The van der Waals surface area contributed by atoms with E-state index in [1.165, 1.54) is 6.07 Å². The van der Waals surface area contributed by atoms with E-state index in [1.54, 1.807) is 0 Å². The third-order valence-corrected chi connectivity index (χ3v) is 4.90. The molecule has 1 fully saturated rings. The molecule has 0 unspecified atom stereocenters. The smallest absolute Gasteiger partial charge is 0.316 e. The monoisotopic (exact) mass is 358 g/mol. The van der Waals surface area contributed by atoms with Crippen molar-refractivity contribution in [1.29, 1.82) is 0 Å². The maximum atomic E-state index is 14.0. The molecule has 0 amide bonds. The van der Waals surface area contributed by atoms with Gasteiger partial charge in [-0.05, 0) is 62.1 Å². The number of allylic oxidation sites excluding steroid dienone is 2. The fourth-order valence-corrected chi connectivity index (χ4v) is 3.44. The first-order chi connectivity index (χ1) is 11.9. The van der Waals surface area contributed by atoms with E-state index in [-0.39, 0.29) is 17.9 Å². The minimum Gasteiger partial charge on any atom is -0.316 e. The summed E-state index contributed by atoms with van der Waals surface area (Å²) in [5.74, 6) is -1.47. The van der Waals surface area contributed by atoms with E-state index >= 15 is 0 Å². The Hall–Kier alpha value is -1.36. The van der Waals surface area contributed by atoms with Crippen LogP contribution in [0.3, 0.4) is 0 Å². The SMILES string of the molecule is C/C=C/CCC1CCC(CC(F)(F)OCc2ccc(F)c(F)c2)CC1. The third kappa shape index (κ3) is 6.81. The van der Waals surface area contributed by atoms with Gasteiger partial charge in [0.05, 0.1) is 6.61 Å². The number of hydrogen-bond donors (Lipinski definition) is 0. The van der Waals surface area contributed by atoms with Crippen molar-refractivity contribution < 1.29 is 22.3 Å². The van der Waals surface area contributed by atoms with Gasteiger partial charge in [-0.15, -0.1) is 0 Å². The van der Waals surface area contributed by atoms with Crippen molar-refractivity contribution in [2.45, 2.75) is 64.6 Å². The van der Waals surface area contributed by atoms with Gasteiger partial charge in [0.25, 0.3) is 0 Å². The van der Waals surface area contributed by atoms with Gasteiger partial charge in [0.15, 0.2) is 11.6 Å². The highest BCUT2D eigenvalue weighted by Gasteiger charge is 2.35. The topological polar surface area (TPSA) is 9.23 Å². The van der Waals surface area contributed by atoms with Crippen molar-refractivity contribution >= 4 is 0 Å². The highest BCUT2D eigenvalue weighted by Crippen LogP contribution is 2.38. The Morgan fingerprint density at radius 1 is 1.08 bits per heavy atom. The number of halogens is 4. The first kappa shape index (κ1) is 20.0. The van der Waals surface area contributed by atoms with Gasteiger partial charge >= 0.3 is 6.11 Å². The molecular weight excluding hydrogens is 332 g/mol. The van der Waals surface area contributed by atoms with Gasteiger partial charge in [-0.3, -0.25) is 0 Å². The summed E-state index contributed by atoms with van der Waals surface area (Å²) in [5.41, 5.74) is 0.200. The van der Waals surface area contributed by atoms with Crippen LogP contribution in [-0.2, 0) is 11.3 Å². The summed E-state index contributed by atoms with van der Waals surface area (Å²) in [6, 6.07) is 3.06. The molecule has 0 spiro atoms. The van der Waals surface area contributed by atoms with Gasteiger partial charge in [-0.25, -0.2) is 8.78 Å². The van der Waals surface area contributed by atoms with Crippen LogP contribution in [0, 0.1) is 23.5 Å². The van der Waals surface area contributed by atoms with Gasteiger partial charge in [0, 0.05) is 6.42 Å². The molecule has 0 bridgehead atoms. The van der Waals surface area contributed by atoms with Crippen LogP contribution < -0.4 is 0 Å². The molecule has 140 valence electrons. The Balaban J connectivity index is 1.74. The van der Waals surface area contributed by atoms with E-state index in [1.807, 2.05) is 13.0 Å². The fraction of sp³-hybridized carbons (Fsp3) is 0.600. The highest BCUT2D eigenvalue weighted by atomic mass is 19.3. The first-order valence-corrected chi connectivity index (χ1v) is 8.96. The summed E-state index contributed by atoms with van der Waals surface area (Å²) in [4.78, 5) is 0. The molecule has 25 heavy (non-hydrogen) atoms. The molecule has 1 aliphatic carbocycles. The minimum atomic E-state index is -3.24. The summed E-state index contributed by atoms with van der Waals surface area (Å²) < 4.78 is 58.7. The zero-order valence-electron chi connectivity index (χ0n) is 14.6. The van der Waals surface area contributed by atoms with Crippen molar-refractivity contribution in [3.8, 4) is 0 Å². The maximum absolute atomic E-state index is 14.0. The summed E-state index contributed by atoms with van der Waals surface area (Å²) in [5, 5.41) is 0. The predicted molar refractivity (Wildman–Crippen MR) is 90.2 cm³/mol. The highest BCUT2D eigenvalue weighted by molar-refractivity contribution is 5.16. The second-order valence-electron chi connectivity index (χ2n) is 6.91. The average molecular weight is 358 g/mol. The van der Waals surface area contributed by atoms with Gasteiger partial charge in [0.1, 0.15) is 0 Å². The van der Waals surface area contributed by atoms with Crippen LogP contribution in [0.15, 0.2) is 30.4 Å². The van der Waals surface area contributed by atoms with Crippen LogP contribution in [0.2, 0.25) is 0 Å². The number of hydrogen-bond acceptors (Lipinski definition) is 1. The van der Waals surface area contributed by atoms with E-state index in [9.17, 15) is 17.6 Å². The molecule has 1 aromatic carbocycles. The van der Waals surface area contributed by atoms with E-state index < -0.39 is 24.3 Å². The standard InChI is InChI=1S/C20H26F4O/c1-2-3-4-5-15-6-8-16(9-7-15)13-20(23,24)25-14-17-10-11-18(21)19(22)12-17/h2-3,10-12,15-16H,4-9,13-14H2,1H3/b3-2+. The normalized spacial score (nSPS) is 21.8. The zero-order chi connectivity index (χ0) is 18.3. The van der Waals surface area contributed by atoms with Gasteiger partial charge in [-0.1, -0.05) is 31.1 Å². The first-order valence-electron chi connectivity index (χ1n) is 8.96. The van der Waals surface area contributed by atoms with Crippen molar-refractivity contribution in [3.63, 3.8) is 0 Å². The van der Waals surface area contributed by atoms with E-state index in [4.69, 9.17) is 0 Å². The van der Waals surface area contributed by atoms with E-state index in [0.717, 1.165) is 50.7 Å². The lowest BCUT2D eigenvalue weighted by Crippen LogP contribution is -2.27. The van der Waals surface area contributed by atoms with E-state index in [2.05, 4.69) is 10.8 Å². The molecule has 0 atom stereocenters. The number of benzene rings is 1. The maximum Gasteiger partial charge on any atom is 0.356 e. The molecule has 1 saturated carbocycles. The van der Waals surface area contributed by atoms with Gasteiger partial charge < -0.3 is 4.74 Å². The summed E-state index contributed by atoms with van der Waals surface area (Å²) in [6.07, 6.45) is 6.38.